The average Bonchev–Trinajstić information content (AvgIpc) is 2.34. The fourth-order valence-corrected chi connectivity index (χ4v) is 2.48. The molecule has 1 atom stereocenters. The summed E-state index contributed by atoms with van der Waals surface area (Å²) in [6.45, 7) is 2.16. The Labute approximate surface area is 121 Å². The number of rotatable bonds is 7. The summed E-state index contributed by atoms with van der Waals surface area (Å²) in [5.41, 5.74) is 0. The number of carbonyl (C=O) groups excluding carboxylic acids is 1. The van der Waals surface area contributed by atoms with Crippen LogP contribution in [0.2, 0.25) is 5.02 Å². The highest BCUT2D eigenvalue weighted by Gasteiger charge is 2.10. The summed E-state index contributed by atoms with van der Waals surface area (Å²) in [4.78, 5) is 22.9. The lowest BCUT2D eigenvalue weighted by Gasteiger charge is -2.10. The van der Waals surface area contributed by atoms with E-state index in [0.29, 0.717) is 11.6 Å². The van der Waals surface area contributed by atoms with Gasteiger partial charge in [0.1, 0.15) is 0 Å². The Bertz CT molecular complexity index is 453. The van der Waals surface area contributed by atoms with E-state index >= 15 is 0 Å². The summed E-state index contributed by atoms with van der Waals surface area (Å²) < 4.78 is 0. The summed E-state index contributed by atoms with van der Waals surface area (Å²) in [5.74, 6) is -0.787. The van der Waals surface area contributed by atoms with Crippen molar-refractivity contribution in [2.45, 2.75) is 18.2 Å². The molecule has 0 saturated carbocycles. The van der Waals surface area contributed by atoms with Crippen LogP contribution in [-0.4, -0.2) is 29.3 Å². The van der Waals surface area contributed by atoms with Gasteiger partial charge in [-0.1, -0.05) is 30.7 Å². The van der Waals surface area contributed by atoms with Crippen molar-refractivity contribution in [3.63, 3.8) is 0 Å². The summed E-state index contributed by atoms with van der Waals surface area (Å²) in [5, 5.41) is 11.9. The third-order valence-electron chi connectivity index (χ3n) is 2.37. The normalized spacial score (nSPS) is 11.9. The van der Waals surface area contributed by atoms with Gasteiger partial charge in [-0.2, -0.15) is 0 Å². The number of aliphatic carboxylic acids is 1. The van der Waals surface area contributed by atoms with Crippen LogP contribution in [-0.2, 0) is 9.59 Å². The molecular formula is C13H16ClNO3S. The first kappa shape index (κ1) is 15.9. The largest absolute Gasteiger partial charge is 0.481 e. The number of carboxylic acid groups (broad SMARTS) is 1. The number of hydrogen-bond donors (Lipinski definition) is 2. The van der Waals surface area contributed by atoms with Gasteiger partial charge in [0.15, 0.2) is 0 Å². The smallest absolute Gasteiger partial charge is 0.303 e. The molecule has 0 aliphatic heterocycles. The highest BCUT2D eigenvalue weighted by atomic mass is 35.5. The lowest BCUT2D eigenvalue weighted by Crippen LogP contribution is -2.30. The van der Waals surface area contributed by atoms with Gasteiger partial charge < -0.3 is 10.4 Å². The molecule has 0 aromatic heterocycles. The summed E-state index contributed by atoms with van der Waals surface area (Å²) in [6, 6.07) is 7.32. The highest BCUT2D eigenvalue weighted by molar-refractivity contribution is 8.00. The molecule has 0 aliphatic rings. The first-order chi connectivity index (χ1) is 8.99. The number of amides is 1. The van der Waals surface area contributed by atoms with Gasteiger partial charge in [-0.25, -0.2) is 0 Å². The molecule has 2 N–H and O–H groups in total. The van der Waals surface area contributed by atoms with Crippen molar-refractivity contribution in [1.82, 2.24) is 5.32 Å². The topological polar surface area (TPSA) is 66.4 Å². The Balaban J connectivity index is 2.29. The lowest BCUT2D eigenvalue weighted by atomic mass is 10.1. The lowest BCUT2D eigenvalue weighted by molar-refractivity contribution is -0.138. The fraction of sp³-hybridized carbons (Fsp3) is 0.385. The molecule has 1 aromatic carbocycles. The van der Waals surface area contributed by atoms with Crippen molar-refractivity contribution in [2.24, 2.45) is 5.92 Å². The number of thioether (sulfide) groups is 1. The molecule has 0 spiro atoms. The first-order valence-electron chi connectivity index (χ1n) is 5.85. The quantitative estimate of drug-likeness (QED) is 0.760. The average molecular weight is 302 g/mol. The summed E-state index contributed by atoms with van der Waals surface area (Å²) in [7, 11) is 0. The SMILES string of the molecule is CC(CNC(=O)CSc1ccccc1Cl)CC(=O)O. The molecule has 1 aromatic rings. The van der Waals surface area contributed by atoms with Gasteiger partial charge in [-0.05, 0) is 18.1 Å². The van der Waals surface area contributed by atoms with Gasteiger partial charge in [0, 0.05) is 17.9 Å². The minimum absolute atomic E-state index is 0.0535. The molecule has 1 rings (SSSR count). The Morgan fingerprint density at radius 3 is 2.74 bits per heavy atom. The van der Waals surface area contributed by atoms with Crippen LogP contribution in [0.4, 0.5) is 0 Å². The van der Waals surface area contributed by atoms with Gasteiger partial charge in [0.2, 0.25) is 5.91 Å². The second kappa shape index (κ2) is 8.07. The Morgan fingerprint density at radius 2 is 2.11 bits per heavy atom. The van der Waals surface area contributed by atoms with Gasteiger partial charge in [0.05, 0.1) is 10.8 Å². The van der Waals surface area contributed by atoms with Crippen LogP contribution in [0, 0.1) is 5.92 Å². The van der Waals surface area contributed by atoms with E-state index in [4.69, 9.17) is 16.7 Å². The monoisotopic (exact) mass is 301 g/mol. The number of halogens is 1. The van der Waals surface area contributed by atoms with Crippen molar-refractivity contribution < 1.29 is 14.7 Å². The van der Waals surface area contributed by atoms with E-state index < -0.39 is 5.97 Å². The van der Waals surface area contributed by atoms with Gasteiger partial charge in [-0.3, -0.25) is 9.59 Å². The number of carbonyl (C=O) groups is 2. The zero-order chi connectivity index (χ0) is 14.3. The van der Waals surface area contributed by atoms with Crippen molar-refractivity contribution in [1.29, 1.82) is 0 Å². The third-order valence-corrected chi connectivity index (χ3v) is 3.88. The van der Waals surface area contributed by atoms with E-state index in [1.54, 1.807) is 13.0 Å². The van der Waals surface area contributed by atoms with E-state index in [1.165, 1.54) is 11.8 Å². The fourth-order valence-electron chi connectivity index (χ4n) is 1.41. The molecule has 1 amide bonds. The zero-order valence-corrected chi connectivity index (χ0v) is 12.1. The van der Waals surface area contributed by atoms with Crippen molar-refractivity contribution in [2.75, 3.05) is 12.3 Å². The van der Waals surface area contributed by atoms with Crippen molar-refractivity contribution in [3.05, 3.63) is 29.3 Å². The number of carboxylic acids is 1. The van der Waals surface area contributed by atoms with Crippen LogP contribution in [0.1, 0.15) is 13.3 Å². The predicted octanol–water partition coefficient (Wildman–Crippen LogP) is 2.66. The Kier molecular flexibility index (Phi) is 6.73. The molecule has 0 fully saturated rings. The van der Waals surface area contributed by atoms with Crippen LogP contribution >= 0.6 is 23.4 Å². The van der Waals surface area contributed by atoms with E-state index in [1.807, 2.05) is 18.2 Å². The number of nitrogens with one attached hydrogen (secondary N) is 1. The molecule has 4 nitrogen and oxygen atoms in total. The predicted molar refractivity (Wildman–Crippen MR) is 76.6 cm³/mol. The minimum Gasteiger partial charge on any atom is -0.481 e. The zero-order valence-electron chi connectivity index (χ0n) is 10.6. The standard InChI is InChI=1S/C13H16ClNO3S/c1-9(6-13(17)18)7-15-12(16)8-19-11-5-3-2-4-10(11)14/h2-5,9H,6-8H2,1H3,(H,15,16)(H,17,18). The van der Waals surface area contributed by atoms with E-state index in [2.05, 4.69) is 5.32 Å². The number of benzene rings is 1. The van der Waals surface area contributed by atoms with Crippen LogP contribution in [0.5, 0.6) is 0 Å². The van der Waals surface area contributed by atoms with E-state index in [9.17, 15) is 9.59 Å². The maximum Gasteiger partial charge on any atom is 0.303 e. The minimum atomic E-state index is -0.854. The van der Waals surface area contributed by atoms with Gasteiger partial charge >= 0.3 is 5.97 Å². The van der Waals surface area contributed by atoms with Crippen LogP contribution in [0.3, 0.4) is 0 Å². The first-order valence-corrected chi connectivity index (χ1v) is 7.21. The molecule has 6 heteroatoms. The van der Waals surface area contributed by atoms with Crippen molar-refractivity contribution >= 4 is 35.2 Å². The molecule has 0 aliphatic carbocycles. The molecule has 0 radical (unpaired) electrons. The molecular weight excluding hydrogens is 286 g/mol. The van der Waals surface area contributed by atoms with Crippen LogP contribution in [0.25, 0.3) is 0 Å². The highest BCUT2D eigenvalue weighted by Crippen LogP contribution is 2.26. The Morgan fingerprint density at radius 1 is 1.42 bits per heavy atom. The molecule has 0 heterocycles. The van der Waals surface area contributed by atoms with E-state index in [-0.39, 0.29) is 24.0 Å². The second-order valence-corrected chi connectivity index (χ2v) is 5.65. The molecule has 1 unspecified atom stereocenters. The van der Waals surface area contributed by atoms with E-state index in [0.717, 1.165) is 4.90 Å². The molecule has 0 bridgehead atoms. The molecule has 0 saturated heterocycles. The van der Waals surface area contributed by atoms with Gasteiger partial charge in [-0.15, -0.1) is 11.8 Å². The number of hydrogen-bond acceptors (Lipinski definition) is 3. The third kappa shape index (κ3) is 6.50. The Hall–Kier alpha value is -1.20. The van der Waals surface area contributed by atoms with Crippen molar-refractivity contribution in [3.8, 4) is 0 Å². The summed E-state index contributed by atoms with van der Waals surface area (Å²) in [6.07, 6.45) is 0.0535. The summed E-state index contributed by atoms with van der Waals surface area (Å²) >= 11 is 7.34. The maximum absolute atomic E-state index is 11.6. The molecule has 104 valence electrons. The maximum atomic E-state index is 11.6. The van der Waals surface area contributed by atoms with Crippen LogP contribution < -0.4 is 5.32 Å². The molecule has 19 heavy (non-hydrogen) atoms. The van der Waals surface area contributed by atoms with Gasteiger partial charge in [0.25, 0.3) is 0 Å². The second-order valence-electron chi connectivity index (χ2n) is 4.23. The van der Waals surface area contributed by atoms with Crippen LogP contribution in [0.15, 0.2) is 29.2 Å².